The fourth-order valence-corrected chi connectivity index (χ4v) is 3.88. The lowest BCUT2D eigenvalue weighted by atomic mass is 10.1. The summed E-state index contributed by atoms with van der Waals surface area (Å²) < 4.78 is 6.89. The highest BCUT2D eigenvalue weighted by Gasteiger charge is 2.26. The molecule has 2 aromatic heterocycles. The van der Waals surface area contributed by atoms with Gasteiger partial charge in [0.25, 0.3) is 5.56 Å². The third kappa shape index (κ3) is 3.71. The number of nitrogens with zero attached hydrogens (tertiary/aromatic N) is 3. The summed E-state index contributed by atoms with van der Waals surface area (Å²) >= 11 is 0. The van der Waals surface area contributed by atoms with Crippen LogP contribution in [0.2, 0.25) is 0 Å². The van der Waals surface area contributed by atoms with E-state index in [1.807, 2.05) is 30.3 Å². The van der Waals surface area contributed by atoms with Crippen molar-refractivity contribution < 1.29 is 9.21 Å². The third-order valence-electron chi connectivity index (χ3n) is 5.31. The molecular weight excluding hydrogens is 356 g/mol. The molecular formula is C21H24N4O3. The third-order valence-corrected chi connectivity index (χ3v) is 5.31. The fourth-order valence-electron chi connectivity index (χ4n) is 3.88. The Morgan fingerprint density at radius 2 is 1.93 bits per heavy atom. The van der Waals surface area contributed by atoms with Gasteiger partial charge < -0.3 is 9.73 Å². The molecule has 1 aliphatic rings. The van der Waals surface area contributed by atoms with Gasteiger partial charge in [-0.15, -0.1) is 0 Å². The second-order valence-electron chi connectivity index (χ2n) is 7.18. The largest absolute Gasteiger partial charge is 0.468 e. The molecule has 0 bridgehead atoms. The summed E-state index contributed by atoms with van der Waals surface area (Å²) in [5.74, 6) is 0.750. The van der Waals surface area contributed by atoms with E-state index in [9.17, 15) is 9.59 Å². The maximum absolute atomic E-state index is 12.7. The standard InChI is InChI=1S/C21H24N4O3/c1-24-21(27)16-8-3-2-7-15(16)17(23-24)13-20(26)22-14-18(19-9-6-12-28-19)25-10-4-5-11-25/h2-3,6-9,12,18H,4-5,10-11,13-14H2,1H3,(H,22,26)/t18-/m0/s1. The van der Waals surface area contributed by atoms with Gasteiger partial charge in [-0.25, -0.2) is 4.68 Å². The molecule has 0 saturated carbocycles. The zero-order valence-electron chi connectivity index (χ0n) is 15.9. The van der Waals surface area contributed by atoms with Crippen molar-refractivity contribution in [2.45, 2.75) is 25.3 Å². The normalized spacial score (nSPS) is 15.8. The summed E-state index contributed by atoms with van der Waals surface area (Å²) in [6.45, 7) is 2.50. The Balaban J connectivity index is 1.49. The number of amides is 1. The van der Waals surface area contributed by atoms with Crippen molar-refractivity contribution in [3.8, 4) is 0 Å². The molecule has 7 heteroatoms. The number of nitrogens with one attached hydrogen (secondary N) is 1. The first-order valence-corrected chi connectivity index (χ1v) is 9.62. The molecule has 1 fully saturated rings. The van der Waals surface area contributed by atoms with Crippen LogP contribution in [0.4, 0.5) is 0 Å². The molecule has 28 heavy (non-hydrogen) atoms. The van der Waals surface area contributed by atoms with E-state index in [1.165, 1.54) is 17.5 Å². The molecule has 146 valence electrons. The van der Waals surface area contributed by atoms with Crippen LogP contribution >= 0.6 is 0 Å². The molecule has 0 aliphatic carbocycles. The van der Waals surface area contributed by atoms with Gasteiger partial charge in [0.15, 0.2) is 0 Å². The number of aryl methyl sites for hydroxylation is 1. The molecule has 1 aliphatic heterocycles. The average Bonchev–Trinajstić information content (AvgIpc) is 3.41. The number of hydrogen-bond acceptors (Lipinski definition) is 5. The smallest absolute Gasteiger partial charge is 0.274 e. The molecule has 7 nitrogen and oxygen atoms in total. The summed E-state index contributed by atoms with van der Waals surface area (Å²) in [6, 6.07) is 11.1. The SMILES string of the molecule is Cn1nc(CC(=O)NC[C@@H](c2ccco2)N2CCCC2)c2ccccc2c1=O. The number of benzene rings is 1. The Hall–Kier alpha value is -2.93. The minimum Gasteiger partial charge on any atom is -0.468 e. The number of furan rings is 1. The molecule has 0 unspecified atom stereocenters. The molecule has 1 amide bonds. The molecule has 1 saturated heterocycles. The van der Waals surface area contributed by atoms with Gasteiger partial charge in [-0.05, 0) is 44.1 Å². The van der Waals surface area contributed by atoms with E-state index in [4.69, 9.17) is 4.42 Å². The predicted molar refractivity (Wildman–Crippen MR) is 106 cm³/mol. The maximum atomic E-state index is 12.7. The van der Waals surface area contributed by atoms with E-state index >= 15 is 0 Å². The van der Waals surface area contributed by atoms with Crippen LogP contribution < -0.4 is 10.9 Å². The van der Waals surface area contributed by atoms with Crippen molar-refractivity contribution in [2.75, 3.05) is 19.6 Å². The molecule has 1 aromatic carbocycles. The Bertz CT molecular complexity index is 1020. The van der Waals surface area contributed by atoms with Gasteiger partial charge >= 0.3 is 0 Å². The first kappa shape index (κ1) is 18.4. The van der Waals surface area contributed by atoms with Crippen LogP contribution in [0.15, 0.2) is 51.9 Å². The minimum atomic E-state index is -0.160. The Kier molecular flexibility index (Phi) is 5.25. The Morgan fingerprint density at radius 1 is 1.18 bits per heavy atom. The number of carbonyl (C=O) groups excluding carboxylic acids is 1. The Labute approximate surface area is 162 Å². The van der Waals surface area contributed by atoms with Crippen LogP contribution in [0.5, 0.6) is 0 Å². The lowest BCUT2D eigenvalue weighted by Gasteiger charge is -2.26. The number of rotatable bonds is 6. The molecule has 0 radical (unpaired) electrons. The van der Waals surface area contributed by atoms with Crippen LogP contribution in [0.25, 0.3) is 10.8 Å². The summed E-state index contributed by atoms with van der Waals surface area (Å²) in [4.78, 5) is 27.2. The van der Waals surface area contributed by atoms with Crippen molar-refractivity contribution in [3.05, 3.63) is 64.5 Å². The van der Waals surface area contributed by atoms with Crippen LogP contribution in [0, 0.1) is 0 Å². The lowest BCUT2D eigenvalue weighted by molar-refractivity contribution is -0.120. The minimum absolute atomic E-state index is 0.0336. The zero-order valence-corrected chi connectivity index (χ0v) is 15.9. The number of fused-ring (bicyclic) bond motifs is 1. The van der Waals surface area contributed by atoms with E-state index in [1.54, 1.807) is 19.4 Å². The van der Waals surface area contributed by atoms with Gasteiger partial charge in [0.2, 0.25) is 5.91 Å². The van der Waals surface area contributed by atoms with Crippen molar-refractivity contribution in [1.29, 1.82) is 0 Å². The number of carbonyl (C=O) groups is 1. The van der Waals surface area contributed by atoms with Gasteiger partial charge in [-0.3, -0.25) is 14.5 Å². The highest BCUT2D eigenvalue weighted by atomic mass is 16.3. The average molecular weight is 380 g/mol. The van der Waals surface area contributed by atoms with Crippen LogP contribution in [-0.4, -0.2) is 40.2 Å². The Morgan fingerprint density at radius 3 is 2.64 bits per heavy atom. The molecule has 1 atom stereocenters. The van der Waals surface area contributed by atoms with E-state index in [2.05, 4.69) is 15.3 Å². The molecule has 0 spiro atoms. The molecule has 4 rings (SSSR count). The highest BCUT2D eigenvalue weighted by molar-refractivity contribution is 5.88. The topological polar surface area (TPSA) is 80.4 Å². The van der Waals surface area contributed by atoms with Crippen molar-refractivity contribution in [3.63, 3.8) is 0 Å². The quantitative estimate of drug-likeness (QED) is 0.708. The van der Waals surface area contributed by atoms with Crippen molar-refractivity contribution >= 4 is 16.7 Å². The van der Waals surface area contributed by atoms with Gasteiger partial charge in [-0.1, -0.05) is 18.2 Å². The monoisotopic (exact) mass is 380 g/mol. The number of hydrogen-bond donors (Lipinski definition) is 1. The predicted octanol–water partition coefficient (Wildman–Crippen LogP) is 2.02. The first-order chi connectivity index (χ1) is 13.6. The van der Waals surface area contributed by atoms with E-state index in [0.29, 0.717) is 17.6 Å². The van der Waals surface area contributed by atoms with E-state index < -0.39 is 0 Å². The molecule has 3 heterocycles. The van der Waals surface area contributed by atoms with Gasteiger partial charge in [0.1, 0.15) is 5.76 Å². The van der Waals surface area contributed by atoms with Crippen LogP contribution in [0.1, 0.15) is 30.3 Å². The summed E-state index contributed by atoms with van der Waals surface area (Å²) in [5, 5.41) is 8.64. The summed E-state index contributed by atoms with van der Waals surface area (Å²) in [6.07, 6.45) is 4.12. The summed E-state index contributed by atoms with van der Waals surface area (Å²) in [7, 11) is 1.61. The van der Waals surface area contributed by atoms with Crippen molar-refractivity contribution in [1.82, 2.24) is 20.0 Å². The highest BCUT2D eigenvalue weighted by Crippen LogP contribution is 2.25. The van der Waals surface area contributed by atoms with Crippen LogP contribution in [-0.2, 0) is 18.3 Å². The molecule has 3 aromatic rings. The van der Waals surface area contributed by atoms with E-state index in [0.717, 1.165) is 24.2 Å². The molecule has 1 N–H and O–H groups in total. The fraction of sp³-hybridized carbons (Fsp3) is 0.381. The maximum Gasteiger partial charge on any atom is 0.274 e. The first-order valence-electron chi connectivity index (χ1n) is 9.62. The van der Waals surface area contributed by atoms with Gasteiger partial charge in [-0.2, -0.15) is 5.10 Å². The van der Waals surface area contributed by atoms with Gasteiger partial charge in [0.05, 0.1) is 29.8 Å². The van der Waals surface area contributed by atoms with Crippen molar-refractivity contribution in [2.24, 2.45) is 7.05 Å². The number of likely N-dealkylation sites (tertiary alicyclic amines) is 1. The lowest BCUT2D eigenvalue weighted by Crippen LogP contribution is -2.37. The second kappa shape index (κ2) is 7.98. The zero-order chi connectivity index (χ0) is 19.5. The van der Waals surface area contributed by atoms with Crippen LogP contribution in [0.3, 0.4) is 0 Å². The van der Waals surface area contributed by atoms with Gasteiger partial charge in [0, 0.05) is 19.0 Å². The number of aromatic nitrogens is 2. The second-order valence-corrected chi connectivity index (χ2v) is 7.18. The van der Waals surface area contributed by atoms with E-state index in [-0.39, 0.29) is 23.9 Å². The summed E-state index contributed by atoms with van der Waals surface area (Å²) in [5.41, 5.74) is 0.442.